The van der Waals surface area contributed by atoms with Gasteiger partial charge >= 0.3 is 11.9 Å². The molecule has 1 aromatic rings. The molecule has 0 N–H and O–H groups in total. The third-order valence-corrected chi connectivity index (χ3v) is 3.85. The number of esters is 2. The van der Waals surface area contributed by atoms with Crippen LogP contribution in [0.2, 0.25) is 0 Å². The Hall–Kier alpha value is -2.02. The van der Waals surface area contributed by atoms with E-state index in [1.165, 1.54) is 0 Å². The van der Waals surface area contributed by atoms with E-state index in [1.807, 2.05) is 48.8 Å². The highest BCUT2D eigenvalue weighted by molar-refractivity contribution is 5.72. The lowest BCUT2D eigenvalue weighted by atomic mass is 10.2. The molecule has 0 aliphatic heterocycles. The van der Waals surface area contributed by atoms with E-state index in [-0.39, 0.29) is 19.0 Å². The van der Waals surface area contributed by atoms with Crippen LogP contribution >= 0.6 is 0 Å². The Kier molecular flexibility index (Phi) is 8.14. The molecule has 7 nitrogen and oxygen atoms in total. The minimum Gasteiger partial charge on any atom is -0.459 e. The number of rotatable bonds is 9. The van der Waals surface area contributed by atoms with Gasteiger partial charge in [0.1, 0.15) is 13.2 Å². The van der Waals surface area contributed by atoms with Crippen LogP contribution in [-0.4, -0.2) is 60.2 Å². The fourth-order valence-corrected chi connectivity index (χ4v) is 2.49. The third kappa shape index (κ3) is 7.91. The normalized spacial score (nSPS) is 12.6. The summed E-state index contributed by atoms with van der Waals surface area (Å²) in [6.07, 6.45) is 0.585. The quantitative estimate of drug-likeness (QED) is 0.493. The Balaban J connectivity index is 2.68. The zero-order chi connectivity index (χ0) is 19.9. The molecule has 0 saturated carbocycles. The van der Waals surface area contributed by atoms with Crippen molar-refractivity contribution in [1.82, 2.24) is 9.97 Å². The number of ether oxygens (including phenoxy) is 2. The molecule has 0 fully saturated rings. The van der Waals surface area contributed by atoms with Crippen LogP contribution in [-0.2, 0) is 25.7 Å². The monoisotopic (exact) mass is 366 g/mol. The van der Waals surface area contributed by atoms with E-state index >= 15 is 0 Å². The van der Waals surface area contributed by atoms with E-state index < -0.39 is 12.1 Å². The average molecular weight is 366 g/mol. The summed E-state index contributed by atoms with van der Waals surface area (Å²) in [6.45, 7) is 8.13. The van der Waals surface area contributed by atoms with E-state index in [0.717, 1.165) is 17.1 Å². The highest BCUT2D eigenvalue weighted by Gasteiger charge is 2.25. The van der Waals surface area contributed by atoms with E-state index in [1.54, 1.807) is 0 Å². The fraction of sp³-hybridized carbons (Fsp3) is 0.684. The summed E-state index contributed by atoms with van der Waals surface area (Å²) in [6, 6.07) is 0. The average Bonchev–Trinajstić information content (AvgIpc) is 2.48. The number of carbonyl (C=O) groups excluding carboxylic acids is 2. The molecule has 0 amide bonds. The van der Waals surface area contributed by atoms with Gasteiger partial charge in [0.25, 0.3) is 0 Å². The second-order valence-electron chi connectivity index (χ2n) is 7.63. The predicted octanol–water partition coefficient (Wildman–Crippen LogP) is 2.25. The highest BCUT2D eigenvalue weighted by Crippen LogP contribution is 2.11. The lowest BCUT2D eigenvalue weighted by Gasteiger charge is -2.28. The van der Waals surface area contributed by atoms with Crippen molar-refractivity contribution in [2.24, 2.45) is 0 Å². The molecule has 1 atom stereocenters. The molecule has 1 heterocycles. The standard InChI is InChI=1S/C19H32N3O4/c1-8-9-18(23)26-16(11-22(5,6)7)10-19(24)25-12-17-15(4)20-13(2)14(3)21-17/h16H,8-12H2,1-7H3/q+1. The Morgan fingerprint density at radius 2 is 1.62 bits per heavy atom. The van der Waals surface area contributed by atoms with E-state index in [9.17, 15) is 9.59 Å². The Bertz CT molecular complexity index is 638. The molecule has 0 bridgehead atoms. The maximum atomic E-state index is 12.2. The van der Waals surface area contributed by atoms with Crippen molar-refractivity contribution in [3.8, 4) is 0 Å². The zero-order valence-electron chi connectivity index (χ0n) is 17.1. The Morgan fingerprint density at radius 3 is 2.19 bits per heavy atom. The van der Waals surface area contributed by atoms with Crippen LogP contribution in [0.4, 0.5) is 0 Å². The molecule has 0 saturated heterocycles. The van der Waals surface area contributed by atoms with Gasteiger partial charge in [0.2, 0.25) is 0 Å². The molecule has 1 aromatic heterocycles. The van der Waals surface area contributed by atoms with Crippen LogP contribution in [0.5, 0.6) is 0 Å². The summed E-state index contributed by atoms with van der Waals surface area (Å²) < 4.78 is 11.4. The van der Waals surface area contributed by atoms with E-state index in [0.29, 0.717) is 29.6 Å². The summed E-state index contributed by atoms with van der Waals surface area (Å²) in [5, 5.41) is 0. The van der Waals surface area contributed by atoms with Gasteiger partial charge in [-0.1, -0.05) is 6.92 Å². The third-order valence-electron chi connectivity index (χ3n) is 3.85. The van der Waals surface area contributed by atoms with Crippen LogP contribution < -0.4 is 0 Å². The van der Waals surface area contributed by atoms with Gasteiger partial charge in [0.05, 0.1) is 50.3 Å². The molecular formula is C19H32N3O4+. The molecule has 0 aliphatic carbocycles. The Morgan fingerprint density at radius 1 is 1.00 bits per heavy atom. The molecule has 26 heavy (non-hydrogen) atoms. The lowest BCUT2D eigenvalue weighted by Crippen LogP contribution is -2.44. The van der Waals surface area contributed by atoms with Gasteiger partial charge in [-0.25, -0.2) is 0 Å². The lowest BCUT2D eigenvalue weighted by molar-refractivity contribution is -0.873. The molecule has 0 spiro atoms. The summed E-state index contributed by atoms with van der Waals surface area (Å²) in [5.41, 5.74) is 3.08. The van der Waals surface area contributed by atoms with Crippen molar-refractivity contribution in [2.75, 3.05) is 27.7 Å². The number of aryl methyl sites for hydroxylation is 3. The maximum absolute atomic E-state index is 12.2. The van der Waals surface area contributed by atoms with Gasteiger partial charge in [-0.05, 0) is 27.2 Å². The summed E-state index contributed by atoms with van der Waals surface area (Å²) in [5.74, 6) is -0.693. The first-order valence-corrected chi connectivity index (χ1v) is 8.98. The number of hydrogen-bond donors (Lipinski definition) is 0. The van der Waals surface area contributed by atoms with Crippen molar-refractivity contribution in [3.63, 3.8) is 0 Å². The molecule has 0 aromatic carbocycles. The van der Waals surface area contributed by atoms with Gasteiger partial charge in [0.15, 0.2) is 6.10 Å². The van der Waals surface area contributed by atoms with Crippen molar-refractivity contribution in [2.45, 2.75) is 59.7 Å². The number of quaternary nitrogens is 1. The summed E-state index contributed by atoms with van der Waals surface area (Å²) in [7, 11) is 5.96. The molecular weight excluding hydrogens is 334 g/mol. The van der Waals surface area contributed by atoms with Gasteiger partial charge in [-0.2, -0.15) is 0 Å². The Labute approximate surface area is 156 Å². The number of aromatic nitrogens is 2. The van der Waals surface area contributed by atoms with Crippen LogP contribution in [0.15, 0.2) is 0 Å². The first-order valence-electron chi connectivity index (χ1n) is 8.98. The van der Waals surface area contributed by atoms with Crippen LogP contribution in [0.3, 0.4) is 0 Å². The first kappa shape index (κ1) is 22.0. The number of likely N-dealkylation sites (N-methyl/N-ethyl adjacent to an activating group) is 1. The van der Waals surface area contributed by atoms with Gasteiger partial charge in [-0.15, -0.1) is 0 Å². The topological polar surface area (TPSA) is 78.4 Å². The second-order valence-corrected chi connectivity index (χ2v) is 7.63. The number of carbonyl (C=O) groups is 2. The van der Waals surface area contributed by atoms with Crippen molar-refractivity contribution < 1.29 is 23.5 Å². The SMILES string of the molecule is CCCC(=O)OC(CC(=O)OCc1nc(C)c(C)nc1C)C[N+](C)(C)C. The summed E-state index contributed by atoms with van der Waals surface area (Å²) >= 11 is 0. The second kappa shape index (κ2) is 9.62. The highest BCUT2D eigenvalue weighted by atomic mass is 16.6. The zero-order valence-corrected chi connectivity index (χ0v) is 17.1. The fourth-order valence-electron chi connectivity index (χ4n) is 2.49. The molecule has 0 aliphatic rings. The smallest absolute Gasteiger partial charge is 0.310 e. The van der Waals surface area contributed by atoms with Gasteiger partial charge < -0.3 is 14.0 Å². The molecule has 146 valence electrons. The molecule has 1 rings (SSSR count). The largest absolute Gasteiger partial charge is 0.459 e. The number of nitrogens with zero attached hydrogens (tertiary/aromatic N) is 3. The van der Waals surface area contributed by atoms with E-state index in [4.69, 9.17) is 9.47 Å². The van der Waals surface area contributed by atoms with Crippen LogP contribution in [0.25, 0.3) is 0 Å². The predicted molar refractivity (Wildman–Crippen MR) is 98.3 cm³/mol. The minimum absolute atomic E-state index is 0.0301. The summed E-state index contributed by atoms with van der Waals surface area (Å²) in [4.78, 5) is 32.9. The molecule has 1 unspecified atom stereocenters. The van der Waals surface area contributed by atoms with Crippen molar-refractivity contribution in [1.29, 1.82) is 0 Å². The van der Waals surface area contributed by atoms with Crippen LogP contribution in [0.1, 0.15) is 49.0 Å². The van der Waals surface area contributed by atoms with Gasteiger partial charge in [0, 0.05) is 6.42 Å². The first-order chi connectivity index (χ1) is 12.0. The van der Waals surface area contributed by atoms with Crippen LogP contribution in [0, 0.1) is 20.8 Å². The van der Waals surface area contributed by atoms with Crippen molar-refractivity contribution >= 4 is 11.9 Å². The maximum Gasteiger partial charge on any atom is 0.310 e. The minimum atomic E-state index is -0.506. The molecule has 0 radical (unpaired) electrons. The van der Waals surface area contributed by atoms with Gasteiger partial charge in [-0.3, -0.25) is 19.6 Å². The number of hydrogen-bond acceptors (Lipinski definition) is 6. The van der Waals surface area contributed by atoms with E-state index in [2.05, 4.69) is 9.97 Å². The van der Waals surface area contributed by atoms with Crippen molar-refractivity contribution in [3.05, 3.63) is 22.8 Å². The molecule has 7 heteroatoms.